The molecule has 0 aliphatic carbocycles. The third-order valence-electron chi connectivity index (χ3n) is 2.50. The van der Waals surface area contributed by atoms with Crippen LogP contribution in [-0.2, 0) is 4.79 Å². The van der Waals surface area contributed by atoms with E-state index in [1.54, 1.807) is 30.3 Å². The lowest BCUT2D eigenvalue weighted by Crippen LogP contribution is -2.06. The Labute approximate surface area is 125 Å². The minimum absolute atomic E-state index is 0.0355. The number of carbonyl (C=O) groups excluding carboxylic acids is 1. The summed E-state index contributed by atoms with van der Waals surface area (Å²) in [6.07, 6.45) is 0. The number of carbonyl (C=O) groups is 1. The van der Waals surface area contributed by atoms with Crippen molar-refractivity contribution in [2.45, 2.75) is 6.92 Å². The average molecular weight is 305 g/mol. The number of pyridine rings is 1. The molecular weight excluding hydrogens is 295 g/mol. The summed E-state index contributed by atoms with van der Waals surface area (Å²) in [4.78, 5) is 14.8. The maximum Gasteiger partial charge on any atom is 0.221 e. The zero-order valence-electron chi connectivity index (χ0n) is 10.9. The Morgan fingerprint density at radius 3 is 2.76 bits per heavy atom. The van der Waals surface area contributed by atoms with Crippen LogP contribution in [0.25, 0.3) is 0 Å². The van der Waals surface area contributed by atoms with E-state index in [2.05, 4.69) is 15.6 Å². The van der Waals surface area contributed by atoms with Gasteiger partial charge in [0, 0.05) is 18.3 Å². The van der Waals surface area contributed by atoms with Crippen LogP contribution >= 0.6 is 11.6 Å². The van der Waals surface area contributed by atoms with Gasteiger partial charge in [-0.05, 0) is 24.3 Å². The molecule has 0 bridgehead atoms. The Bertz CT molecular complexity index is 742. The molecule has 2 aromatic rings. The molecule has 7 heteroatoms. The third-order valence-corrected chi connectivity index (χ3v) is 2.78. The van der Waals surface area contributed by atoms with Crippen molar-refractivity contribution in [3.63, 3.8) is 0 Å². The number of aromatic nitrogens is 1. The monoisotopic (exact) mass is 304 g/mol. The van der Waals surface area contributed by atoms with Gasteiger partial charge in [0.1, 0.15) is 11.2 Å². The van der Waals surface area contributed by atoms with Gasteiger partial charge in [-0.1, -0.05) is 17.7 Å². The second kappa shape index (κ2) is 6.20. The summed E-state index contributed by atoms with van der Waals surface area (Å²) >= 11 is 5.77. The van der Waals surface area contributed by atoms with E-state index in [0.29, 0.717) is 11.4 Å². The number of nitrogens with one attached hydrogen (secondary N) is 2. The molecular formula is C14H10ClFN4O. The Morgan fingerprint density at radius 1 is 1.38 bits per heavy atom. The maximum absolute atomic E-state index is 13.8. The first-order chi connectivity index (χ1) is 9.99. The maximum atomic E-state index is 13.8. The van der Waals surface area contributed by atoms with Crippen molar-refractivity contribution in [1.82, 2.24) is 4.98 Å². The van der Waals surface area contributed by atoms with Gasteiger partial charge in [0.25, 0.3) is 0 Å². The molecule has 1 aromatic heterocycles. The molecule has 0 atom stereocenters. The van der Waals surface area contributed by atoms with Crippen molar-refractivity contribution in [2.24, 2.45) is 0 Å². The number of benzene rings is 1. The largest absolute Gasteiger partial charge is 0.338 e. The number of anilines is 3. The van der Waals surface area contributed by atoms with Gasteiger partial charge < -0.3 is 10.6 Å². The van der Waals surface area contributed by atoms with Gasteiger partial charge in [0.05, 0.1) is 5.56 Å². The van der Waals surface area contributed by atoms with Crippen LogP contribution in [0.15, 0.2) is 30.3 Å². The zero-order chi connectivity index (χ0) is 15.4. The van der Waals surface area contributed by atoms with Gasteiger partial charge >= 0.3 is 0 Å². The first kappa shape index (κ1) is 14.8. The summed E-state index contributed by atoms with van der Waals surface area (Å²) in [6.45, 7) is 1.39. The van der Waals surface area contributed by atoms with Crippen LogP contribution in [-0.4, -0.2) is 10.9 Å². The SMILES string of the molecule is CC(=O)Nc1cccc(Nc2nc(Cl)c(C#N)cc2F)c1. The number of hydrogen-bond acceptors (Lipinski definition) is 4. The lowest BCUT2D eigenvalue weighted by atomic mass is 10.2. The molecule has 0 aliphatic heterocycles. The lowest BCUT2D eigenvalue weighted by Gasteiger charge is -2.09. The summed E-state index contributed by atoms with van der Waals surface area (Å²) < 4.78 is 13.8. The highest BCUT2D eigenvalue weighted by molar-refractivity contribution is 6.30. The van der Waals surface area contributed by atoms with Crippen LogP contribution in [0.5, 0.6) is 0 Å². The molecule has 0 saturated heterocycles. The summed E-state index contributed by atoms with van der Waals surface area (Å²) in [5.74, 6) is -1.00. The van der Waals surface area contributed by atoms with Crippen molar-refractivity contribution >= 4 is 34.7 Å². The van der Waals surface area contributed by atoms with Crippen molar-refractivity contribution in [3.05, 3.63) is 46.9 Å². The molecule has 0 aliphatic rings. The predicted molar refractivity (Wildman–Crippen MR) is 77.9 cm³/mol. The number of halogens is 2. The van der Waals surface area contributed by atoms with Gasteiger partial charge in [-0.3, -0.25) is 4.79 Å². The zero-order valence-corrected chi connectivity index (χ0v) is 11.7. The molecule has 0 unspecified atom stereocenters. The van der Waals surface area contributed by atoms with Crippen molar-refractivity contribution in [3.8, 4) is 6.07 Å². The molecule has 1 heterocycles. The standard InChI is InChI=1S/C14H10ClFN4O/c1-8(21)18-10-3-2-4-11(6-10)19-14-12(16)5-9(7-17)13(15)20-14/h2-6H,1H3,(H,18,21)(H,19,20). The fourth-order valence-electron chi connectivity index (χ4n) is 1.65. The van der Waals surface area contributed by atoms with Gasteiger partial charge in [-0.25, -0.2) is 9.37 Å². The van der Waals surface area contributed by atoms with Gasteiger partial charge in [0.2, 0.25) is 5.91 Å². The van der Waals surface area contributed by atoms with E-state index in [9.17, 15) is 9.18 Å². The molecule has 2 N–H and O–H groups in total. The number of nitrogens with zero attached hydrogens (tertiary/aromatic N) is 2. The second-order valence-electron chi connectivity index (χ2n) is 4.16. The Morgan fingerprint density at radius 2 is 2.10 bits per heavy atom. The van der Waals surface area contributed by atoms with Crippen molar-refractivity contribution in [1.29, 1.82) is 5.26 Å². The summed E-state index contributed by atoms with van der Waals surface area (Å²) in [5.41, 5.74) is 1.05. The lowest BCUT2D eigenvalue weighted by molar-refractivity contribution is -0.114. The fourth-order valence-corrected chi connectivity index (χ4v) is 1.83. The van der Waals surface area contributed by atoms with Crippen LogP contribution < -0.4 is 10.6 Å². The Hall–Kier alpha value is -2.65. The first-order valence-corrected chi connectivity index (χ1v) is 6.28. The third kappa shape index (κ3) is 3.68. The quantitative estimate of drug-likeness (QED) is 0.851. The van der Waals surface area contributed by atoms with Crippen LogP contribution in [0.3, 0.4) is 0 Å². The van der Waals surface area contributed by atoms with E-state index in [1.165, 1.54) is 6.92 Å². The van der Waals surface area contributed by atoms with E-state index >= 15 is 0 Å². The van der Waals surface area contributed by atoms with Gasteiger partial charge in [-0.2, -0.15) is 5.26 Å². The number of rotatable bonds is 3. The summed E-state index contributed by atoms with van der Waals surface area (Å²) in [7, 11) is 0. The Kier molecular flexibility index (Phi) is 4.36. The average Bonchev–Trinajstić information content (AvgIpc) is 2.42. The number of nitriles is 1. The smallest absolute Gasteiger partial charge is 0.221 e. The van der Waals surface area contributed by atoms with Gasteiger partial charge in [-0.15, -0.1) is 0 Å². The van der Waals surface area contributed by atoms with E-state index in [4.69, 9.17) is 16.9 Å². The van der Waals surface area contributed by atoms with Crippen molar-refractivity contribution in [2.75, 3.05) is 10.6 Å². The van der Waals surface area contributed by atoms with E-state index in [0.717, 1.165) is 6.07 Å². The van der Waals surface area contributed by atoms with Crippen LogP contribution in [0, 0.1) is 17.1 Å². The molecule has 0 radical (unpaired) electrons. The summed E-state index contributed by atoms with van der Waals surface area (Å²) in [5, 5.41) is 14.0. The molecule has 5 nitrogen and oxygen atoms in total. The normalized spacial score (nSPS) is 9.81. The molecule has 0 saturated carbocycles. The second-order valence-corrected chi connectivity index (χ2v) is 4.51. The van der Waals surface area contributed by atoms with E-state index in [-0.39, 0.29) is 22.4 Å². The highest BCUT2D eigenvalue weighted by Gasteiger charge is 2.10. The van der Waals surface area contributed by atoms with E-state index in [1.807, 2.05) is 0 Å². The molecule has 21 heavy (non-hydrogen) atoms. The number of amides is 1. The van der Waals surface area contributed by atoms with E-state index < -0.39 is 5.82 Å². The Balaban J connectivity index is 2.28. The minimum Gasteiger partial charge on any atom is -0.338 e. The molecule has 0 fully saturated rings. The topological polar surface area (TPSA) is 77.8 Å². The summed E-state index contributed by atoms with van der Waals surface area (Å²) in [6, 6.07) is 9.44. The fraction of sp³-hybridized carbons (Fsp3) is 0.0714. The highest BCUT2D eigenvalue weighted by Crippen LogP contribution is 2.24. The molecule has 2 rings (SSSR count). The van der Waals surface area contributed by atoms with Gasteiger partial charge in [0.15, 0.2) is 11.6 Å². The van der Waals surface area contributed by atoms with Crippen LogP contribution in [0.4, 0.5) is 21.6 Å². The molecule has 0 spiro atoms. The minimum atomic E-state index is -0.694. The van der Waals surface area contributed by atoms with Crippen LogP contribution in [0.1, 0.15) is 12.5 Å². The highest BCUT2D eigenvalue weighted by atomic mass is 35.5. The van der Waals surface area contributed by atoms with Crippen molar-refractivity contribution < 1.29 is 9.18 Å². The first-order valence-electron chi connectivity index (χ1n) is 5.90. The predicted octanol–water partition coefficient (Wildman–Crippen LogP) is 3.45. The molecule has 1 amide bonds. The molecule has 106 valence electrons. The van der Waals surface area contributed by atoms with Crippen LogP contribution in [0.2, 0.25) is 5.15 Å². The molecule has 1 aromatic carbocycles. The number of hydrogen-bond donors (Lipinski definition) is 2.